The maximum Gasteiger partial charge on any atom is 0.325 e. The lowest BCUT2D eigenvalue weighted by Gasteiger charge is -2.23. The third-order valence-corrected chi connectivity index (χ3v) is 8.08. The Morgan fingerprint density at radius 2 is 1.82 bits per heavy atom. The highest BCUT2D eigenvalue weighted by molar-refractivity contribution is 7.98. The number of fused-ring (bicyclic) bond motifs is 1. The van der Waals surface area contributed by atoms with Crippen LogP contribution in [0.15, 0.2) is 47.4 Å². The topological polar surface area (TPSA) is 57.7 Å². The average molecular weight is 417 g/mol. The van der Waals surface area contributed by atoms with E-state index in [2.05, 4.69) is 6.07 Å². The number of anilines is 1. The number of thioether (sulfide) groups is 1. The lowest BCUT2D eigenvalue weighted by atomic mass is 10.0. The summed E-state index contributed by atoms with van der Waals surface area (Å²) in [6.07, 6.45) is 1.99. The molecule has 2 saturated heterocycles. The highest BCUT2D eigenvalue weighted by Crippen LogP contribution is 2.37. The first-order valence-electron chi connectivity index (χ1n) is 9.29. The largest absolute Gasteiger partial charge is 0.325 e. The molecule has 7 heteroatoms. The number of carbonyl (C=O) groups is 1. The van der Waals surface area contributed by atoms with Gasteiger partial charge in [-0.25, -0.2) is 13.2 Å². The van der Waals surface area contributed by atoms with Gasteiger partial charge in [-0.3, -0.25) is 4.90 Å². The summed E-state index contributed by atoms with van der Waals surface area (Å²) in [5.41, 5.74) is 4.08. The van der Waals surface area contributed by atoms with Crippen molar-refractivity contribution in [1.29, 1.82) is 0 Å². The van der Waals surface area contributed by atoms with Crippen LogP contribution >= 0.6 is 11.8 Å². The van der Waals surface area contributed by atoms with E-state index >= 15 is 0 Å². The smallest absolute Gasteiger partial charge is 0.314 e. The minimum Gasteiger partial charge on any atom is -0.314 e. The molecule has 2 aromatic carbocycles. The molecule has 0 bridgehead atoms. The highest BCUT2D eigenvalue weighted by atomic mass is 32.2. The van der Waals surface area contributed by atoms with Gasteiger partial charge in [-0.2, -0.15) is 0 Å². The number of aryl methyl sites for hydroxylation is 2. The van der Waals surface area contributed by atoms with Crippen molar-refractivity contribution in [3.05, 3.63) is 59.2 Å². The number of sulfone groups is 1. The Labute approximate surface area is 170 Å². The van der Waals surface area contributed by atoms with Gasteiger partial charge in [0.15, 0.2) is 9.84 Å². The van der Waals surface area contributed by atoms with Crippen LogP contribution in [-0.2, 0) is 16.4 Å². The summed E-state index contributed by atoms with van der Waals surface area (Å²) >= 11 is 1.61. The van der Waals surface area contributed by atoms with Gasteiger partial charge in [-0.15, -0.1) is 11.8 Å². The van der Waals surface area contributed by atoms with Crippen LogP contribution in [0.2, 0.25) is 0 Å². The fraction of sp³-hybridized carbons (Fsp3) is 0.381. The van der Waals surface area contributed by atoms with E-state index in [0.29, 0.717) is 6.54 Å². The summed E-state index contributed by atoms with van der Waals surface area (Å²) in [6, 6.07) is 13.2. The van der Waals surface area contributed by atoms with E-state index in [-0.39, 0.29) is 29.6 Å². The van der Waals surface area contributed by atoms with Crippen LogP contribution in [0, 0.1) is 13.8 Å². The SMILES string of the molecule is CSc1cccc(N2C(=O)N(Cc3cc(C)ccc3C)[C@@H]3CS(=O)(=O)C[C@H]32)c1. The molecule has 2 heterocycles. The second-order valence-corrected chi connectivity index (χ2v) is 10.7. The second kappa shape index (κ2) is 7.12. The van der Waals surface area contributed by atoms with Crippen LogP contribution in [0.25, 0.3) is 0 Å². The molecule has 28 heavy (non-hydrogen) atoms. The van der Waals surface area contributed by atoms with Gasteiger partial charge in [0.05, 0.1) is 23.6 Å². The predicted octanol–water partition coefficient (Wildman–Crippen LogP) is 3.63. The number of nitrogens with zero attached hydrogens (tertiary/aromatic N) is 2. The van der Waals surface area contributed by atoms with Gasteiger partial charge in [-0.05, 0) is 49.4 Å². The van der Waals surface area contributed by atoms with Gasteiger partial charge in [0.1, 0.15) is 0 Å². The first-order chi connectivity index (χ1) is 13.3. The number of amides is 2. The number of hydrogen-bond acceptors (Lipinski definition) is 4. The molecular weight excluding hydrogens is 392 g/mol. The molecule has 2 aromatic rings. The third kappa shape index (κ3) is 3.42. The molecule has 2 aliphatic rings. The molecule has 2 amide bonds. The van der Waals surface area contributed by atoms with Gasteiger partial charge >= 0.3 is 6.03 Å². The van der Waals surface area contributed by atoms with Crippen LogP contribution in [0.5, 0.6) is 0 Å². The average Bonchev–Trinajstić information content (AvgIpc) is 3.08. The van der Waals surface area contributed by atoms with Gasteiger partial charge in [0, 0.05) is 17.1 Å². The van der Waals surface area contributed by atoms with E-state index < -0.39 is 9.84 Å². The zero-order valence-corrected chi connectivity index (χ0v) is 17.9. The van der Waals surface area contributed by atoms with Gasteiger partial charge in [-0.1, -0.05) is 29.8 Å². The molecule has 0 saturated carbocycles. The second-order valence-electron chi connectivity index (χ2n) is 7.62. The minimum absolute atomic E-state index is 0.0240. The molecule has 2 fully saturated rings. The quantitative estimate of drug-likeness (QED) is 0.564. The van der Waals surface area contributed by atoms with Crippen LogP contribution in [0.3, 0.4) is 0 Å². The molecule has 148 valence electrons. The fourth-order valence-corrected chi connectivity index (χ4v) is 6.58. The normalized spacial score (nSPS) is 23.3. The van der Waals surface area contributed by atoms with E-state index in [1.165, 1.54) is 0 Å². The first kappa shape index (κ1) is 19.3. The van der Waals surface area contributed by atoms with E-state index in [4.69, 9.17) is 0 Å². The van der Waals surface area contributed by atoms with E-state index in [1.54, 1.807) is 21.6 Å². The van der Waals surface area contributed by atoms with Crippen molar-refractivity contribution in [3.8, 4) is 0 Å². The van der Waals surface area contributed by atoms with Crippen LogP contribution < -0.4 is 4.90 Å². The number of carbonyl (C=O) groups excluding carboxylic acids is 1. The fourth-order valence-electron chi connectivity index (χ4n) is 4.18. The molecule has 0 spiro atoms. The summed E-state index contributed by atoms with van der Waals surface area (Å²) in [7, 11) is -3.17. The molecule has 2 atom stereocenters. The Morgan fingerprint density at radius 1 is 1.07 bits per heavy atom. The summed E-state index contributed by atoms with van der Waals surface area (Å²) in [6.45, 7) is 4.48. The molecule has 0 N–H and O–H groups in total. The molecule has 0 aliphatic carbocycles. The lowest BCUT2D eigenvalue weighted by molar-refractivity contribution is 0.205. The van der Waals surface area contributed by atoms with Crippen molar-refractivity contribution in [2.45, 2.75) is 37.4 Å². The number of rotatable bonds is 4. The third-order valence-electron chi connectivity index (χ3n) is 5.65. The van der Waals surface area contributed by atoms with E-state index in [1.807, 2.05) is 56.5 Å². The maximum atomic E-state index is 13.4. The Hall–Kier alpha value is -1.99. The van der Waals surface area contributed by atoms with E-state index in [0.717, 1.165) is 27.3 Å². The standard InChI is InChI=1S/C21H24N2O3S2/c1-14-7-8-15(2)16(9-14)11-22-19-12-28(25,26)13-20(19)23(21(22)24)17-5-4-6-18(10-17)27-3/h4-10,19-20H,11-13H2,1-3H3/t19-,20-/m1/s1. The monoisotopic (exact) mass is 416 g/mol. The highest BCUT2D eigenvalue weighted by Gasteiger charge is 2.53. The first-order valence-corrected chi connectivity index (χ1v) is 12.3. The maximum absolute atomic E-state index is 13.4. The van der Waals surface area contributed by atoms with Crippen molar-refractivity contribution in [3.63, 3.8) is 0 Å². The van der Waals surface area contributed by atoms with Gasteiger partial charge in [0.2, 0.25) is 0 Å². The van der Waals surface area contributed by atoms with Crippen LogP contribution in [0.1, 0.15) is 16.7 Å². The zero-order valence-electron chi connectivity index (χ0n) is 16.3. The molecule has 2 aliphatic heterocycles. The number of hydrogen-bond donors (Lipinski definition) is 0. The van der Waals surface area contributed by atoms with Crippen molar-refractivity contribution in [2.75, 3.05) is 22.7 Å². The number of urea groups is 1. The molecule has 5 nitrogen and oxygen atoms in total. The number of benzene rings is 2. The summed E-state index contributed by atoms with van der Waals surface area (Å²) < 4.78 is 24.8. The predicted molar refractivity (Wildman–Crippen MR) is 114 cm³/mol. The van der Waals surface area contributed by atoms with Crippen molar-refractivity contribution < 1.29 is 13.2 Å². The van der Waals surface area contributed by atoms with Gasteiger partial charge < -0.3 is 4.90 Å². The minimum atomic E-state index is -3.17. The van der Waals surface area contributed by atoms with Crippen LogP contribution in [-0.4, -0.2) is 49.2 Å². The zero-order chi connectivity index (χ0) is 20.1. The molecule has 0 unspecified atom stereocenters. The summed E-state index contributed by atoms with van der Waals surface area (Å²) in [5.74, 6) is 0.0587. The van der Waals surface area contributed by atoms with Crippen molar-refractivity contribution in [1.82, 2.24) is 4.90 Å². The molecule has 0 aromatic heterocycles. The van der Waals surface area contributed by atoms with Crippen molar-refractivity contribution in [2.24, 2.45) is 0 Å². The summed E-state index contributed by atoms with van der Waals surface area (Å²) in [5, 5.41) is 0. The Balaban J connectivity index is 1.73. The van der Waals surface area contributed by atoms with E-state index in [9.17, 15) is 13.2 Å². The van der Waals surface area contributed by atoms with Crippen LogP contribution in [0.4, 0.5) is 10.5 Å². The van der Waals surface area contributed by atoms with Crippen molar-refractivity contribution >= 4 is 33.3 Å². The Kier molecular flexibility index (Phi) is 4.91. The van der Waals surface area contributed by atoms with Gasteiger partial charge in [0.25, 0.3) is 0 Å². The Bertz CT molecular complexity index is 1040. The molecular formula is C21H24N2O3S2. The Morgan fingerprint density at radius 3 is 2.57 bits per heavy atom. The summed E-state index contributed by atoms with van der Waals surface area (Å²) in [4.78, 5) is 17.9. The molecule has 0 radical (unpaired) electrons. The lowest BCUT2D eigenvalue weighted by Crippen LogP contribution is -2.37. The molecule has 4 rings (SSSR count).